The molecule has 1 fully saturated rings. The summed E-state index contributed by atoms with van der Waals surface area (Å²) in [6.07, 6.45) is 7.49. The van der Waals surface area contributed by atoms with Gasteiger partial charge in [0.15, 0.2) is 0 Å². The second-order valence-electron chi connectivity index (χ2n) is 12.7. The van der Waals surface area contributed by atoms with Gasteiger partial charge < -0.3 is 19.8 Å². The van der Waals surface area contributed by atoms with Crippen molar-refractivity contribution in [3.63, 3.8) is 0 Å². The molecule has 1 amide bonds. The van der Waals surface area contributed by atoms with E-state index in [1.807, 2.05) is 36.1 Å². The molecule has 47 heavy (non-hydrogen) atoms. The van der Waals surface area contributed by atoms with Crippen molar-refractivity contribution >= 4 is 17.8 Å². The average Bonchev–Trinajstić information content (AvgIpc) is 3.10. The third kappa shape index (κ3) is 9.19. The fourth-order valence-electron chi connectivity index (χ4n) is 7.00. The van der Waals surface area contributed by atoms with Gasteiger partial charge in [-0.3, -0.25) is 14.5 Å². The minimum atomic E-state index is -1.02. The largest absolute Gasteiger partial charge is 0.489 e. The third-order valence-corrected chi connectivity index (χ3v) is 9.64. The first kappa shape index (κ1) is 34.1. The minimum Gasteiger partial charge on any atom is -0.489 e. The SMILES string of the molecule is CCC(=O)N1CCC(c2ccc(COc3ccccc3CCN(CCCCC(=O)O)C3CCCc4nc(C(=O)O)ccc43)cc2)CC1. The molecule has 9 heteroatoms. The van der Waals surface area contributed by atoms with Gasteiger partial charge in [0.2, 0.25) is 5.91 Å². The highest BCUT2D eigenvalue weighted by Crippen LogP contribution is 2.35. The number of carboxylic acid groups (broad SMARTS) is 2. The molecular formula is C38H47N3O6. The van der Waals surface area contributed by atoms with Crippen molar-refractivity contribution in [1.82, 2.24) is 14.8 Å². The molecule has 0 radical (unpaired) electrons. The van der Waals surface area contributed by atoms with E-state index in [0.717, 1.165) is 99.3 Å². The van der Waals surface area contributed by atoms with Gasteiger partial charge in [-0.2, -0.15) is 0 Å². The zero-order chi connectivity index (χ0) is 33.2. The van der Waals surface area contributed by atoms with Crippen LogP contribution in [0.4, 0.5) is 0 Å². The van der Waals surface area contributed by atoms with E-state index >= 15 is 0 Å². The van der Waals surface area contributed by atoms with E-state index in [9.17, 15) is 19.5 Å². The molecule has 1 aliphatic heterocycles. The van der Waals surface area contributed by atoms with Crippen molar-refractivity contribution in [3.05, 3.63) is 94.3 Å². The number of hydrogen-bond acceptors (Lipinski definition) is 6. The molecule has 1 unspecified atom stereocenters. The number of pyridine rings is 1. The molecule has 9 nitrogen and oxygen atoms in total. The average molecular weight is 642 g/mol. The summed E-state index contributed by atoms with van der Waals surface area (Å²) in [5.74, 6) is -0.227. The fraction of sp³-hybridized carbons (Fsp3) is 0.474. The van der Waals surface area contributed by atoms with Crippen molar-refractivity contribution in [2.45, 2.75) is 89.7 Å². The second-order valence-corrected chi connectivity index (χ2v) is 12.7. The Morgan fingerprint density at radius 1 is 0.936 bits per heavy atom. The summed E-state index contributed by atoms with van der Waals surface area (Å²) in [7, 11) is 0. The van der Waals surface area contributed by atoms with Gasteiger partial charge in [0, 0.05) is 44.2 Å². The van der Waals surface area contributed by atoms with E-state index in [2.05, 4.69) is 40.2 Å². The summed E-state index contributed by atoms with van der Waals surface area (Å²) in [5.41, 5.74) is 5.54. The maximum atomic E-state index is 12.0. The van der Waals surface area contributed by atoms with Crippen molar-refractivity contribution < 1.29 is 29.3 Å². The molecule has 2 aliphatic rings. The topological polar surface area (TPSA) is 120 Å². The highest BCUT2D eigenvalue weighted by molar-refractivity contribution is 5.85. The number of nitrogens with zero attached hydrogens (tertiary/aromatic N) is 3. The number of aromatic nitrogens is 1. The van der Waals surface area contributed by atoms with Gasteiger partial charge in [-0.05, 0) is 98.2 Å². The molecule has 0 spiro atoms. The quantitative estimate of drug-likeness (QED) is 0.177. The number of aliphatic carboxylic acids is 1. The van der Waals surface area contributed by atoms with Gasteiger partial charge in [-0.1, -0.05) is 55.5 Å². The Bertz CT molecular complexity index is 1520. The number of benzene rings is 2. The van der Waals surface area contributed by atoms with Crippen LogP contribution in [-0.2, 0) is 29.0 Å². The first-order valence-electron chi connectivity index (χ1n) is 17.1. The molecule has 250 valence electrons. The number of aryl methyl sites for hydroxylation is 1. The Hall–Kier alpha value is -4.24. The molecule has 5 rings (SSSR count). The molecule has 2 N–H and O–H groups in total. The number of carboxylic acids is 2. The van der Waals surface area contributed by atoms with Crippen LogP contribution in [0.5, 0.6) is 5.75 Å². The van der Waals surface area contributed by atoms with Gasteiger partial charge in [-0.25, -0.2) is 9.78 Å². The first-order chi connectivity index (χ1) is 22.8. The van der Waals surface area contributed by atoms with Crippen LogP contribution < -0.4 is 4.74 Å². The number of hydrogen-bond donors (Lipinski definition) is 2. The summed E-state index contributed by atoms with van der Waals surface area (Å²) in [4.78, 5) is 43.6. The van der Waals surface area contributed by atoms with Crippen LogP contribution in [0, 0.1) is 0 Å². The molecule has 0 saturated carbocycles. The number of carbonyl (C=O) groups excluding carboxylic acids is 1. The van der Waals surface area contributed by atoms with Crippen LogP contribution in [0.3, 0.4) is 0 Å². The Kier molecular flexibility index (Phi) is 12.0. The van der Waals surface area contributed by atoms with E-state index in [-0.39, 0.29) is 24.1 Å². The van der Waals surface area contributed by atoms with Crippen LogP contribution in [0.2, 0.25) is 0 Å². The molecular weight excluding hydrogens is 594 g/mol. The predicted octanol–water partition coefficient (Wildman–Crippen LogP) is 6.65. The summed E-state index contributed by atoms with van der Waals surface area (Å²) in [6.45, 7) is 5.55. The summed E-state index contributed by atoms with van der Waals surface area (Å²) in [6, 6.07) is 20.4. The number of piperidine rings is 1. The van der Waals surface area contributed by atoms with E-state index in [0.29, 0.717) is 25.4 Å². The highest BCUT2D eigenvalue weighted by atomic mass is 16.5. The van der Waals surface area contributed by atoms with E-state index < -0.39 is 11.9 Å². The Labute approximate surface area is 277 Å². The molecule has 1 saturated heterocycles. The predicted molar refractivity (Wildman–Crippen MR) is 180 cm³/mol. The lowest BCUT2D eigenvalue weighted by Gasteiger charge is -2.36. The van der Waals surface area contributed by atoms with Gasteiger partial charge in [-0.15, -0.1) is 0 Å². The summed E-state index contributed by atoms with van der Waals surface area (Å²) in [5, 5.41) is 18.6. The minimum absolute atomic E-state index is 0.0727. The van der Waals surface area contributed by atoms with Crippen molar-refractivity contribution in [2.75, 3.05) is 26.2 Å². The van der Waals surface area contributed by atoms with Gasteiger partial charge in [0.25, 0.3) is 0 Å². The number of likely N-dealkylation sites (tertiary alicyclic amines) is 1. The normalized spacial score (nSPS) is 16.6. The van der Waals surface area contributed by atoms with E-state index in [1.165, 1.54) is 5.56 Å². The first-order valence-corrected chi connectivity index (χ1v) is 17.1. The Morgan fingerprint density at radius 3 is 2.43 bits per heavy atom. The van der Waals surface area contributed by atoms with Crippen molar-refractivity contribution in [2.24, 2.45) is 0 Å². The molecule has 1 aromatic heterocycles. The molecule has 0 bridgehead atoms. The number of amides is 1. The smallest absolute Gasteiger partial charge is 0.354 e. The van der Waals surface area contributed by atoms with E-state index in [4.69, 9.17) is 9.84 Å². The molecule has 1 atom stereocenters. The maximum absolute atomic E-state index is 12.0. The van der Waals surface area contributed by atoms with Crippen LogP contribution in [0.1, 0.15) is 109 Å². The highest BCUT2D eigenvalue weighted by Gasteiger charge is 2.28. The second kappa shape index (κ2) is 16.5. The lowest BCUT2D eigenvalue weighted by Crippen LogP contribution is -2.37. The van der Waals surface area contributed by atoms with Crippen molar-refractivity contribution in [1.29, 1.82) is 0 Å². The molecule has 3 aromatic rings. The van der Waals surface area contributed by atoms with Gasteiger partial charge in [0.05, 0.1) is 0 Å². The molecule has 2 aromatic carbocycles. The molecule has 1 aliphatic carbocycles. The lowest BCUT2D eigenvalue weighted by molar-refractivity contribution is -0.137. The zero-order valence-electron chi connectivity index (χ0n) is 27.4. The van der Waals surface area contributed by atoms with Crippen LogP contribution in [-0.4, -0.2) is 69.0 Å². The number of unbranched alkanes of at least 4 members (excludes halogenated alkanes) is 1. The maximum Gasteiger partial charge on any atom is 0.354 e. The lowest BCUT2D eigenvalue weighted by atomic mass is 9.89. The summed E-state index contributed by atoms with van der Waals surface area (Å²) >= 11 is 0. The standard InChI is InChI=1S/C38H47N3O6/c1-2-36(42)41-24-19-29(20-25-41)28-15-13-27(14-16-28)26-47-35-11-4-3-8-30(35)21-23-40(22-6-5-12-37(43)44)34-10-7-9-32-31(34)17-18-33(39-32)38(45)46/h3-4,8,11,13-18,29,34H,2,5-7,9-10,12,19-26H2,1H3,(H,43,44)(H,45,46). The van der Waals surface area contributed by atoms with Gasteiger partial charge in [0.1, 0.15) is 18.1 Å². The zero-order valence-corrected chi connectivity index (χ0v) is 27.4. The van der Waals surface area contributed by atoms with E-state index in [1.54, 1.807) is 6.07 Å². The summed E-state index contributed by atoms with van der Waals surface area (Å²) < 4.78 is 6.36. The van der Waals surface area contributed by atoms with Gasteiger partial charge >= 0.3 is 11.9 Å². The van der Waals surface area contributed by atoms with Crippen LogP contribution in [0.15, 0.2) is 60.7 Å². The third-order valence-electron chi connectivity index (χ3n) is 9.64. The number of aromatic carboxylic acids is 1. The Morgan fingerprint density at radius 2 is 1.70 bits per heavy atom. The van der Waals surface area contributed by atoms with Crippen LogP contribution in [0.25, 0.3) is 0 Å². The fourth-order valence-corrected chi connectivity index (χ4v) is 7.00. The van der Waals surface area contributed by atoms with Crippen LogP contribution >= 0.6 is 0 Å². The Balaban J connectivity index is 1.22. The van der Waals surface area contributed by atoms with Crippen molar-refractivity contribution in [3.8, 4) is 5.75 Å². The number of rotatable bonds is 15. The molecule has 2 heterocycles. The number of carbonyl (C=O) groups is 3. The monoisotopic (exact) mass is 641 g/mol. The number of para-hydroxylation sites is 1. The number of fused-ring (bicyclic) bond motifs is 1. The number of ether oxygens (including phenoxy) is 1.